The predicted octanol–water partition coefficient (Wildman–Crippen LogP) is 4.04. The summed E-state index contributed by atoms with van der Waals surface area (Å²) in [5.41, 5.74) is 2.85. The van der Waals surface area contributed by atoms with Gasteiger partial charge in [0.1, 0.15) is 17.3 Å². The number of carbonyl (C=O) groups excluding carboxylic acids is 2. The van der Waals surface area contributed by atoms with E-state index in [1.54, 1.807) is 77.8 Å². The number of benzene rings is 1. The third kappa shape index (κ3) is 6.41. The summed E-state index contributed by atoms with van der Waals surface area (Å²) in [7, 11) is 3.15. The van der Waals surface area contributed by atoms with Crippen LogP contribution >= 0.6 is 0 Å². The van der Waals surface area contributed by atoms with Crippen molar-refractivity contribution < 1.29 is 23.5 Å². The number of methoxy groups -OCH3 is 2. The number of carbonyl (C=O) groups is 2. The van der Waals surface area contributed by atoms with Gasteiger partial charge in [0.2, 0.25) is 11.8 Å². The molecule has 49 heavy (non-hydrogen) atoms. The van der Waals surface area contributed by atoms with Gasteiger partial charge in [-0.1, -0.05) is 17.4 Å². The first-order chi connectivity index (χ1) is 23.9. The van der Waals surface area contributed by atoms with Crippen LogP contribution in [0.25, 0.3) is 27.6 Å². The summed E-state index contributed by atoms with van der Waals surface area (Å²) in [6, 6.07) is 10.8. The second kappa shape index (κ2) is 13.7. The van der Waals surface area contributed by atoms with Crippen LogP contribution in [0.1, 0.15) is 28.9 Å². The molecule has 0 bridgehead atoms. The molecule has 13 nitrogen and oxygen atoms in total. The summed E-state index contributed by atoms with van der Waals surface area (Å²) in [6.45, 7) is 3.31. The molecular weight excluding hydrogens is 629 g/mol. The first kappa shape index (κ1) is 31.8. The molecule has 0 aliphatic carbocycles. The van der Waals surface area contributed by atoms with Crippen molar-refractivity contribution >= 4 is 34.1 Å². The van der Waals surface area contributed by atoms with Crippen LogP contribution in [0.2, 0.25) is 0 Å². The number of H-pyrrole nitrogens is 1. The van der Waals surface area contributed by atoms with E-state index in [2.05, 4.69) is 30.2 Å². The fraction of sp³-hybridized carbons (Fsp3) is 0.314. The van der Waals surface area contributed by atoms with E-state index in [9.17, 15) is 9.59 Å². The van der Waals surface area contributed by atoms with Crippen molar-refractivity contribution in [2.75, 3.05) is 58.4 Å². The summed E-state index contributed by atoms with van der Waals surface area (Å²) >= 11 is 0. The van der Waals surface area contributed by atoms with E-state index >= 15 is 4.39 Å². The predicted molar refractivity (Wildman–Crippen MR) is 181 cm³/mol. The second-order valence-corrected chi connectivity index (χ2v) is 11.9. The summed E-state index contributed by atoms with van der Waals surface area (Å²) < 4.78 is 29.2. The number of hydrogen-bond donors (Lipinski definition) is 1. The number of ether oxygens (including phenoxy) is 2. The van der Waals surface area contributed by atoms with E-state index in [4.69, 9.17) is 9.47 Å². The molecular formula is C35H36FN9O4. The highest BCUT2D eigenvalue weighted by Gasteiger charge is 2.28. The molecule has 252 valence electrons. The van der Waals surface area contributed by atoms with Crippen LogP contribution in [0.15, 0.2) is 67.3 Å². The number of hydrogen-bond acceptors (Lipinski definition) is 9. The molecule has 6 heterocycles. The molecule has 0 unspecified atom stereocenters. The first-order valence-electron chi connectivity index (χ1n) is 16.1. The van der Waals surface area contributed by atoms with Crippen molar-refractivity contribution in [2.24, 2.45) is 0 Å². The molecule has 0 spiro atoms. The smallest absolute Gasteiger partial charge is 0.270 e. The van der Waals surface area contributed by atoms with Crippen molar-refractivity contribution in [2.45, 2.75) is 19.4 Å². The quantitative estimate of drug-likeness (QED) is 0.248. The number of anilines is 1. The van der Waals surface area contributed by atoms with Crippen LogP contribution < -0.4 is 14.4 Å². The summed E-state index contributed by atoms with van der Waals surface area (Å²) in [5.74, 6) is 1.12. The van der Waals surface area contributed by atoms with Gasteiger partial charge in [0.25, 0.3) is 5.91 Å². The third-order valence-corrected chi connectivity index (χ3v) is 9.06. The third-order valence-electron chi connectivity index (χ3n) is 9.06. The number of nitrogens with one attached hydrogen (secondary N) is 1. The molecule has 4 aromatic heterocycles. The number of pyridine rings is 2. The average Bonchev–Trinajstić information content (AvgIpc) is 3.85. The molecule has 2 aliphatic heterocycles. The van der Waals surface area contributed by atoms with Crippen molar-refractivity contribution in [3.63, 3.8) is 0 Å². The first-order valence-corrected chi connectivity index (χ1v) is 16.1. The van der Waals surface area contributed by atoms with Crippen LogP contribution in [-0.4, -0.2) is 105 Å². The summed E-state index contributed by atoms with van der Waals surface area (Å²) in [5, 5.41) is 8.26. The summed E-state index contributed by atoms with van der Waals surface area (Å²) in [4.78, 5) is 44.6. The zero-order chi connectivity index (χ0) is 33.9. The van der Waals surface area contributed by atoms with E-state index < -0.39 is 5.82 Å². The lowest BCUT2D eigenvalue weighted by molar-refractivity contribution is -0.131. The Kier molecular flexibility index (Phi) is 8.92. The Labute approximate surface area is 281 Å². The molecule has 14 heteroatoms. The van der Waals surface area contributed by atoms with Crippen LogP contribution in [0.5, 0.6) is 11.6 Å². The monoisotopic (exact) mass is 665 g/mol. The van der Waals surface area contributed by atoms with E-state index in [1.165, 1.54) is 0 Å². The van der Waals surface area contributed by atoms with E-state index in [1.807, 2.05) is 18.2 Å². The minimum atomic E-state index is -0.488. The van der Waals surface area contributed by atoms with Gasteiger partial charge in [0.15, 0.2) is 5.82 Å². The number of halogens is 1. The molecule has 1 saturated heterocycles. The normalized spacial score (nSPS) is 15.0. The molecule has 1 aromatic carbocycles. The topological polar surface area (TPSA) is 135 Å². The lowest BCUT2D eigenvalue weighted by Gasteiger charge is -2.35. The minimum Gasteiger partial charge on any atom is -0.496 e. The highest BCUT2D eigenvalue weighted by atomic mass is 19.1. The van der Waals surface area contributed by atoms with Crippen molar-refractivity contribution in [3.05, 3.63) is 84.3 Å². The van der Waals surface area contributed by atoms with Gasteiger partial charge in [-0.15, -0.1) is 5.10 Å². The van der Waals surface area contributed by atoms with Gasteiger partial charge in [-0.3, -0.25) is 19.3 Å². The molecule has 7 rings (SSSR count). The van der Waals surface area contributed by atoms with Gasteiger partial charge in [-0.25, -0.2) is 4.39 Å². The van der Waals surface area contributed by atoms with E-state index in [-0.39, 0.29) is 36.0 Å². The number of aryl methyl sites for hydroxylation is 1. The Bertz CT molecular complexity index is 2020. The minimum absolute atomic E-state index is 0.0493. The molecule has 0 radical (unpaired) electrons. The highest BCUT2D eigenvalue weighted by Crippen LogP contribution is 2.40. The van der Waals surface area contributed by atoms with Crippen molar-refractivity contribution in [1.82, 2.24) is 39.7 Å². The maximum atomic E-state index is 16.6. The maximum Gasteiger partial charge on any atom is 0.270 e. The maximum absolute atomic E-state index is 16.6. The van der Waals surface area contributed by atoms with Crippen LogP contribution in [0.3, 0.4) is 0 Å². The van der Waals surface area contributed by atoms with Crippen molar-refractivity contribution in [1.29, 1.82) is 0 Å². The second-order valence-electron chi connectivity index (χ2n) is 11.9. The number of nitrogens with zero attached hydrogens (tertiary/aromatic N) is 8. The number of amides is 2. The zero-order valence-electron chi connectivity index (χ0n) is 27.3. The highest BCUT2D eigenvalue weighted by molar-refractivity contribution is 6.05. The van der Waals surface area contributed by atoms with Gasteiger partial charge < -0.3 is 29.2 Å². The largest absolute Gasteiger partial charge is 0.496 e. The Morgan fingerprint density at radius 3 is 2.59 bits per heavy atom. The lowest BCUT2D eigenvalue weighted by atomic mass is 9.93. The Morgan fingerprint density at radius 1 is 0.959 bits per heavy atom. The molecule has 2 amide bonds. The number of fused-ring (bicyclic) bond motifs is 1. The molecule has 5 aromatic rings. The summed E-state index contributed by atoms with van der Waals surface area (Å²) in [6.07, 6.45) is 9.39. The van der Waals surface area contributed by atoms with Crippen molar-refractivity contribution in [3.8, 4) is 22.8 Å². The Morgan fingerprint density at radius 2 is 1.82 bits per heavy atom. The van der Waals surface area contributed by atoms with Gasteiger partial charge in [-0.05, 0) is 41.8 Å². The average molecular weight is 666 g/mol. The van der Waals surface area contributed by atoms with Gasteiger partial charge in [0.05, 0.1) is 32.5 Å². The van der Waals surface area contributed by atoms with Crippen LogP contribution in [0.4, 0.5) is 10.2 Å². The Hall–Kier alpha value is -5.79. The van der Waals surface area contributed by atoms with Crippen LogP contribution in [0, 0.1) is 5.82 Å². The number of piperazine rings is 1. The fourth-order valence-corrected chi connectivity index (χ4v) is 6.47. The molecule has 0 saturated carbocycles. The molecule has 0 atom stereocenters. The molecule has 1 N–H and O–H groups in total. The van der Waals surface area contributed by atoms with Gasteiger partial charge in [0, 0.05) is 86.9 Å². The fourth-order valence-electron chi connectivity index (χ4n) is 6.47. The Balaban J connectivity index is 1.18. The van der Waals surface area contributed by atoms with Gasteiger partial charge in [-0.2, -0.15) is 4.98 Å². The molecule has 1 fully saturated rings. The number of rotatable bonds is 9. The SMILES string of the molecule is COc1cccc(N2CCN(C(=O)c3cc4c(-c5cnccc5OC)cc(C5=CCCN(C(=O)CCn6ccnn6)C5)c(F)c4[nH]3)CC2)n1. The van der Waals surface area contributed by atoms with E-state index in [0.717, 1.165) is 5.82 Å². The number of aromatic nitrogens is 6. The molecule has 2 aliphatic rings. The van der Waals surface area contributed by atoms with E-state index in [0.29, 0.717) is 85.0 Å². The lowest BCUT2D eigenvalue weighted by Crippen LogP contribution is -2.49. The number of aromatic amines is 1. The standard InChI is InChI=1S/C35H36FN9O4/c1-48-29-8-10-37-21-27(29)25-19-24(23-5-4-12-44(22-23)32(46)9-13-45-14-11-38-41-45)33(36)34-26(25)20-28(39-34)35(47)43-17-15-42(16-18-43)30-6-3-7-31(40-30)49-2/h3,5-8,10-11,14,19-21,39H,4,9,12-13,15-18,22H2,1-2H3. The van der Waals surface area contributed by atoms with Crippen LogP contribution in [-0.2, 0) is 11.3 Å². The van der Waals surface area contributed by atoms with Gasteiger partial charge >= 0.3 is 0 Å². The zero-order valence-corrected chi connectivity index (χ0v) is 27.3.